The topological polar surface area (TPSA) is 44.8 Å². The van der Waals surface area contributed by atoms with Crippen LogP contribution in [0.5, 0.6) is 11.5 Å². The molecule has 0 aromatic heterocycles. The summed E-state index contributed by atoms with van der Waals surface area (Å²) in [5.41, 5.74) is 1.91. The molecule has 0 bridgehead atoms. The summed E-state index contributed by atoms with van der Waals surface area (Å²) in [6.07, 6.45) is 3.02. The molecule has 0 saturated heterocycles. The van der Waals surface area contributed by atoms with Crippen molar-refractivity contribution in [3.8, 4) is 11.5 Å². The van der Waals surface area contributed by atoms with Gasteiger partial charge in [-0.05, 0) is 35.9 Å². The Morgan fingerprint density at radius 3 is 2.64 bits per heavy atom. The summed E-state index contributed by atoms with van der Waals surface area (Å²) in [5, 5.41) is 0. The molecule has 4 nitrogen and oxygen atoms in total. The monoisotopic (exact) mass is 348 g/mol. The maximum Gasteiger partial charge on any atom is 0.387 e. The summed E-state index contributed by atoms with van der Waals surface area (Å²) in [5.74, 6) is 0.326. The van der Waals surface area contributed by atoms with Crippen LogP contribution in [0.1, 0.15) is 21.5 Å². The molecule has 2 aromatic rings. The van der Waals surface area contributed by atoms with Gasteiger partial charge in [0.1, 0.15) is 11.5 Å². The van der Waals surface area contributed by atoms with Crippen molar-refractivity contribution in [2.24, 2.45) is 0 Å². The van der Waals surface area contributed by atoms with Crippen molar-refractivity contribution in [1.82, 2.24) is 0 Å². The summed E-state index contributed by atoms with van der Waals surface area (Å²) in [6.45, 7) is -2.55. The van der Waals surface area contributed by atoms with Crippen molar-refractivity contribution in [2.75, 3.05) is 14.2 Å². The number of rotatable bonds is 8. The summed E-state index contributed by atoms with van der Waals surface area (Å²) in [6, 6.07) is 11.1. The third-order valence-corrected chi connectivity index (χ3v) is 3.38. The molecule has 0 fully saturated rings. The van der Waals surface area contributed by atoms with Gasteiger partial charge in [-0.15, -0.1) is 0 Å². The number of hydrogen-bond acceptors (Lipinski definition) is 4. The van der Waals surface area contributed by atoms with E-state index in [1.165, 1.54) is 30.3 Å². The molecule has 2 rings (SSSR count). The summed E-state index contributed by atoms with van der Waals surface area (Å²) in [4.78, 5) is 12.2. The van der Waals surface area contributed by atoms with Crippen LogP contribution in [0.2, 0.25) is 0 Å². The lowest BCUT2D eigenvalue weighted by Crippen LogP contribution is -2.03. The molecule has 0 amide bonds. The van der Waals surface area contributed by atoms with Gasteiger partial charge in [0.25, 0.3) is 0 Å². The van der Waals surface area contributed by atoms with Gasteiger partial charge >= 0.3 is 6.61 Å². The van der Waals surface area contributed by atoms with E-state index < -0.39 is 6.61 Å². The number of carbonyl (C=O) groups excluding carboxylic acids is 1. The molecule has 0 heterocycles. The summed E-state index contributed by atoms with van der Waals surface area (Å²) < 4.78 is 39.2. The molecular weight excluding hydrogens is 330 g/mol. The van der Waals surface area contributed by atoms with E-state index in [0.717, 1.165) is 11.1 Å². The average Bonchev–Trinajstić information content (AvgIpc) is 2.60. The van der Waals surface area contributed by atoms with Gasteiger partial charge in [-0.1, -0.05) is 24.3 Å². The van der Waals surface area contributed by atoms with Crippen molar-refractivity contribution < 1.29 is 27.8 Å². The van der Waals surface area contributed by atoms with Crippen LogP contribution in [-0.4, -0.2) is 26.6 Å². The maximum absolute atomic E-state index is 12.2. The minimum atomic E-state index is -2.93. The highest BCUT2D eigenvalue weighted by molar-refractivity contribution is 6.07. The van der Waals surface area contributed by atoms with Crippen LogP contribution in [0.4, 0.5) is 8.78 Å². The van der Waals surface area contributed by atoms with Crippen molar-refractivity contribution in [3.05, 3.63) is 65.2 Å². The Hall–Kier alpha value is -2.73. The molecule has 0 N–H and O–H groups in total. The van der Waals surface area contributed by atoms with E-state index in [0.29, 0.717) is 12.4 Å². The number of ketones is 1. The number of carbonyl (C=O) groups is 1. The molecule has 0 spiro atoms. The number of ether oxygens (including phenoxy) is 3. The second-order valence-corrected chi connectivity index (χ2v) is 5.11. The molecule has 0 atom stereocenters. The number of benzene rings is 2. The van der Waals surface area contributed by atoms with Gasteiger partial charge in [0.15, 0.2) is 5.78 Å². The normalized spacial score (nSPS) is 11.1. The van der Waals surface area contributed by atoms with Gasteiger partial charge in [0.05, 0.1) is 13.7 Å². The van der Waals surface area contributed by atoms with E-state index in [9.17, 15) is 13.6 Å². The molecule has 0 saturated carbocycles. The minimum absolute atomic E-state index is 0.0546. The molecule has 0 radical (unpaired) electrons. The fourth-order valence-corrected chi connectivity index (χ4v) is 2.26. The second-order valence-electron chi connectivity index (χ2n) is 5.11. The molecule has 6 heteroatoms. The van der Waals surface area contributed by atoms with Crippen molar-refractivity contribution in [2.45, 2.75) is 13.2 Å². The van der Waals surface area contributed by atoms with Gasteiger partial charge in [-0.25, -0.2) is 0 Å². The molecule has 132 valence electrons. The van der Waals surface area contributed by atoms with Crippen molar-refractivity contribution in [3.63, 3.8) is 0 Å². The Morgan fingerprint density at radius 2 is 1.96 bits per heavy atom. The first-order chi connectivity index (χ1) is 12.0. The van der Waals surface area contributed by atoms with Crippen LogP contribution < -0.4 is 9.47 Å². The second kappa shape index (κ2) is 8.94. The van der Waals surface area contributed by atoms with Gasteiger partial charge in [0.2, 0.25) is 0 Å². The van der Waals surface area contributed by atoms with Crippen LogP contribution in [0.25, 0.3) is 6.08 Å². The van der Waals surface area contributed by atoms with Crippen LogP contribution in [0.3, 0.4) is 0 Å². The summed E-state index contributed by atoms with van der Waals surface area (Å²) >= 11 is 0. The van der Waals surface area contributed by atoms with Gasteiger partial charge in [0, 0.05) is 18.2 Å². The lowest BCUT2D eigenvalue weighted by Gasteiger charge is -2.08. The van der Waals surface area contributed by atoms with Crippen LogP contribution in [0, 0.1) is 0 Å². The Labute approximate surface area is 144 Å². The lowest BCUT2D eigenvalue weighted by molar-refractivity contribution is -0.0498. The first-order valence-corrected chi connectivity index (χ1v) is 7.46. The van der Waals surface area contributed by atoms with Gasteiger partial charge in [-0.3, -0.25) is 4.79 Å². The van der Waals surface area contributed by atoms with Crippen LogP contribution >= 0.6 is 0 Å². The van der Waals surface area contributed by atoms with Crippen molar-refractivity contribution in [1.29, 1.82) is 0 Å². The fourth-order valence-electron chi connectivity index (χ4n) is 2.26. The lowest BCUT2D eigenvalue weighted by atomic mass is 10.1. The van der Waals surface area contributed by atoms with E-state index in [2.05, 4.69) is 4.74 Å². The van der Waals surface area contributed by atoms with Crippen LogP contribution in [-0.2, 0) is 11.3 Å². The first kappa shape index (κ1) is 18.6. The van der Waals surface area contributed by atoms with E-state index in [1.54, 1.807) is 32.4 Å². The SMILES string of the molecule is COCc1cc(/C=C/C(=O)c2cccc(OC(F)F)c2)ccc1OC. The number of halogens is 2. The molecule has 0 aliphatic heterocycles. The zero-order valence-corrected chi connectivity index (χ0v) is 13.9. The Kier molecular flexibility index (Phi) is 6.65. The van der Waals surface area contributed by atoms with Gasteiger partial charge < -0.3 is 14.2 Å². The van der Waals surface area contributed by atoms with E-state index >= 15 is 0 Å². The first-order valence-electron chi connectivity index (χ1n) is 7.46. The largest absolute Gasteiger partial charge is 0.496 e. The zero-order valence-electron chi connectivity index (χ0n) is 13.9. The quantitative estimate of drug-likeness (QED) is 0.526. The predicted molar refractivity (Wildman–Crippen MR) is 90.1 cm³/mol. The fraction of sp³-hybridized carbons (Fsp3) is 0.211. The summed E-state index contributed by atoms with van der Waals surface area (Å²) in [7, 11) is 3.15. The number of allylic oxidation sites excluding steroid dienone is 1. The van der Waals surface area contributed by atoms with E-state index in [-0.39, 0.29) is 17.1 Å². The number of methoxy groups -OCH3 is 2. The predicted octanol–water partition coefficient (Wildman–Crippen LogP) is 4.34. The molecule has 0 aliphatic carbocycles. The minimum Gasteiger partial charge on any atom is -0.496 e. The third kappa shape index (κ3) is 5.39. The molecule has 0 aliphatic rings. The molecule has 2 aromatic carbocycles. The highest BCUT2D eigenvalue weighted by atomic mass is 19.3. The zero-order chi connectivity index (χ0) is 18.2. The average molecular weight is 348 g/mol. The Morgan fingerprint density at radius 1 is 1.16 bits per heavy atom. The van der Waals surface area contributed by atoms with E-state index in [1.807, 2.05) is 6.07 Å². The highest BCUT2D eigenvalue weighted by Gasteiger charge is 2.08. The smallest absolute Gasteiger partial charge is 0.387 e. The van der Waals surface area contributed by atoms with Crippen LogP contribution in [0.15, 0.2) is 48.5 Å². The van der Waals surface area contributed by atoms with E-state index in [4.69, 9.17) is 9.47 Å². The maximum atomic E-state index is 12.2. The van der Waals surface area contributed by atoms with Crippen molar-refractivity contribution >= 4 is 11.9 Å². The standard InChI is InChI=1S/C19H18F2O4/c1-23-12-15-10-13(7-9-18(15)24-2)6-8-17(22)14-4-3-5-16(11-14)25-19(20)21/h3-11,19H,12H2,1-2H3/b8-6+. The number of hydrogen-bond donors (Lipinski definition) is 0. The third-order valence-electron chi connectivity index (χ3n) is 3.38. The Bertz CT molecular complexity index is 757. The number of alkyl halides is 2. The Balaban J connectivity index is 2.16. The molecule has 25 heavy (non-hydrogen) atoms. The highest BCUT2D eigenvalue weighted by Crippen LogP contribution is 2.22. The molecule has 0 unspecified atom stereocenters. The van der Waals surface area contributed by atoms with Gasteiger partial charge in [-0.2, -0.15) is 8.78 Å². The molecular formula is C19H18F2O4.